The van der Waals surface area contributed by atoms with Crippen molar-refractivity contribution in [1.29, 1.82) is 0 Å². The van der Waals surface area contributed by atoms with E-state index in [2.05, 4.69) is 9.89 Å². The Labute approximate surface area is 142 Å². The van der Waals surface area contributed by atoms with Gasteiger partial charge in [0.05, 0.1) is 25.3 Å². The monoisotopic (exact) mass is 337 g/mol. The van der Waals surface area contributed by atoms with Gasteiger partial charge >= 0.3 is 5.97 Å². The minimum atomic E-state index is -0.391. The number of carbonyl (C=O) groups excluding carboxylic acids is 2. The molecule has 0 spiro atoms. The van der Waals surface area contributed by atoms with E-state index in [1.54, 1.807) is 6.08 Å². The quantitative estimate of drug-likeness (QED) is 0.333. The lowest BCUT2D eigenvalue weighted by Crippen LogP contribution is -2.18. The van der Waals surface area contributed by atoms with Gasteiger partial charge in [-0.2, -0.15) is 0 Å². The van der Waals surface area contributed by atoms with Crippen LogP contribution in [0.3, 0.4) is 0 Å². The van der Waals surface area contributed by atoms with E-state index in [-0.39, 0.29) is 36.6 Å². The van der Waals surface area contributed by atoms with Crippen LogP contribution < -0.4 is 0 Å². The maximum absolute atomic E-state index is 11.8. The van der Waals surface area contributed by atoms with Gasteiger partial charge in [0.15, 0.2) is 5.78 Å². The van der Waals surface area contributed by atoms with Crippen molar-refractivity contribution < 1.29 is 24.3 Å². The molecule has 0 heterocycles. The lowest BCUT2D eigenvalue weighted by Gasteiger charge is -2.16. The number of methoxy groups -OCH3 is 1. The van der Waals surface area contributed by atoms with E-state index in [1.807, 2.05) is 19.9 Å². The molecule has 0 bridgehead atoms. The Balaban J connectivity index is 1.88. The van der Waals surface area contributed by atoms with Gasteiger partial charge in [0, 0.05) is 11.8 Å². The van der Waals surface area contributed by atoms with E-state index in [4.69, 9.17) is 4.84 Å². The summed E-state index contributed by atoms with van der Waals surface area (Å²) in [6.07, 6.45) is 5.59. The minimum Gasteiger partial charge on any atom is -0.469 e. The summed E-state index contributed by atoms with van der Waals surface area (Å²) < 4.78 is 4.54. The van der Waals surface area contributed by atoms with Crippen molar-refractivity contribution in [3.05, 3.63) is 12.2 Å². The maximum Gasteiger partial charge on any atom is 0.309 e. The molecule has 134 valence electrons. The Bertz CT molecular complexity index is 526. The largest absolute Gasteiger partial charge is 0.469 e. The van der Waals surface area contributed by atoms with Crippen molar-refractivity contribution >= 4 is 17.5 Å². The highest BCUT2D eigenvalue weighted by Gasteiger charge is 2.46. The fraction of sp³-hybridized carbons (Fsp3) is 0.722. The van der Waals surface area contributed by atoms with E-state index >= 15 is 0 Å². The number of allylic oxidation sites excluding steroid dienone is 1. The SMILES string of the molecule is COC(=O)CCO/N=C1\C[C@H]2C[C@H](O)[C@@H](C=CC(=O)C(C)C)[C@@H]2C1. The average Bonchev–Trinajstić information content (AvgIpc) is 3.05. The van der Waals surface area contributed by atoms with Crippen LogP contribution in [0.1, 0.15) is 39.5 Å². The van der Waals surface area contributed by atoms with Crippen molar-refractivity contribution in [3.63, 3.8) is 0 Å². The van der Waals surface area contributed by atoms with Crippen LogP contribution in [0.4, 0.5) is 0 Å². The van der Waals surface area contributed by atoms with Crippen molar-refractivity contribution in [2.75, 3.05) is 13.7 Å². The molecule has 0 saturated heterocycles. The molecule has 24 heavy (non-hydrogen) atoms. The van der Waals surface area contributed by atoms with Gasteiger partial charge in [-0.1, -0.05) is 25.1 Å². The Hall–Kier alpha value is -1.69. The first-order valence-electron chi connectivity index (χ1n) is 8.57. The second kappa shape index (κ2) is 8.42. The zero-order valence-corrected chi connectivity index (χ0v) is 14.6. The number of aliphatic hydroxyl groups excluding tert-OH is 1. The van der Waals surface area contributed by atoms with Gasteiger partial charge in [-0.25, -0.2) is 0 Å². The zero-order valence-electron chi connectivity index (χ0n) is 14.6. The van der Waals surface area contributed by atoms with Crippen LogP contribution >= 0.6 is 0 Å². The number of hydrogen-bond acceptors (Lipinski definition) is 6. The third-order valence-corrected chi connectivity index (χ3v) is 4.93. The number of ether oxygens (including phenoxy) is 1. The Morgan fingerprint density at radius 1 is 1.38 bits per heavy atom. The summed E-state index contributed by atoms with van der Waals surface area (Å²) in [5, 5.41) is 14.4. The van der Waals surface area contributed by atoms with Gasteiger partial charge < -0.3 is 14.7 Å². The molecule has 0 aromatic rings. The number of hydrogen-bond donors (Lipinski definition) is 1. The standard InChI is InChI=1S/C18H27NO5/c1-11(2)16(20)5-4-14-15-10-13(8-12(15)9-17(14)21)19-24-7-6-18(22)23-3/h4-5,11-12,14-15,17,21H,6-10H2,1-3H3/b5-4?,19-13+/t12-,14-,15+,17-/m0/s1. The molecule has 6 nitrogen and oxygen atoms in total. The Morgan fingerprint density at radius 3 is 2.79 bits per heavy atom. The van der Waals surface area contributed by atoms with Crippen molar-refractivity contribution in [1.82, 2.24) is 0 Å². The summed E-state index contributed by atoms with van der Waals surface area (Å²) in [6, 6.07) is 0. The van der Waals surface area contributed by atoms with E-state index in [0.717, 1.165) is 25.0 Å². The molecule has 6 heteroatoms. The first-order chi connectivity index (χ1) is 11.4. The van der Waals surface area contributed by atoms with Gasteiger partial charge in [-0.15, -0.1) is 0 Å². The van der Waals surface area contributed by atoms with Crippen LogP contribution in [0, 0.1) is 23.7 Å². The first-order valence-corrected chi connectivity index (χ1v) is 8.57. The van der Waals surface area contributed by atoms with E-state index in [0.29, 0.717) is 11.8 Å². The molecule has 2 aliphatic rings. The average molecular weight is 337 g/mol. The summed E-state index contributed by atoms with van der Waals surface area (Å²) in [4.78, 5) is 28.0. The number of rotatable bonds is 7. The normalized spacial score (nSPS) is 31.0. The molecular formula is C18H27NO5. The van der Waals surface area contributed by atoms with E-state index in [1.165, 1.54) is 7.11 Å². The third kappa shape index (κ3) is 4.66. The molecule has 0 aromatic heterocycles. The third-order valence-electron chi connectivity index (χ3n) is 4.93. The second-order valence-corrected chi connectivity index (χ2v) is 6.95. The molecule has 1 N–H and O–H groups in total. The number of fused-ring (bicyclic) bond motifs is 1. The molecule has 2 rings (SSSR count). The summed E-state index contributed by atoms with van der Waals surface area (Å²) in [5.41, 5.74) is 0.968. The topological polar surface area (TPSA) is 85.2 Å². The van der Waals surface area contributed by atoms with Crippen LogP contribution in [0.15, 0.2) is 17.3 Å². The van der Waals surface area contributed by atoms with E-state index in [9.17, 15) is 14.7 Å². The van der Waals surface area contributed by atoms with Gasteiger partial charge in [0.2, 0.25) is 0 Å². The fourth-order valence-corrected chi connectivity index (χ4v) is 3.55. The number of oxime groups is 1. The number of nitrogens with zero attached hydrogens (tertiary/aromatic N) is 1. The minimum absolute atomic E-state index is 0.000434. The highest BCUT2D eigenvalue weighted by atomic mass is 16.6. The molecule has 0 amide bonds. The Morgan fingerprint density at radius 2 is 2.12 bits per heavy atom. The Kier molecular flexibility index (Phi) is 6.54. The molecule has 4 atom stereocenters. The van der Waals surface area contributed by atoms with Crippen molar-refractivity contribution in [2.45, 2.75) is 45.6 Å². The predicted molar refractivity (Wildman–Crippen MR) is 89.3 cm³/mol. The van der Waals surface area contributed by atoms with Gasteiger partial charge in [-0.05, 0) is 37.2 Å². The maximum atomic E-state index is 11.8. The fourth-order valence-electron chi connectivity index (χ4n) is 3.55. The highest BCUT2D eigenvalue weighted by molar-refractivity contribution is 5.91. The van der Waals surface area contributed by atoms with Gasteiger partial charge in [-0.3, -0.25) is 9.59 Å². The predicted octanol–water partition coefficient (Wildman–Crippen LogP) is 2.11. The van der Waals surface area contributed by atoms with Gasteiger partial charge in [0.25, 0.3) is 0 Å². The summed E-state index contributed by atoms with van der Waals surface area (Å²) in [5.74, 6) is 0.427. The van der Waals surface area contributed by atoms with Crippen LogP contribution in [-0.2, 0) is 19.2 Å². The molecular weight excluding hydrogens is 310 g/mol. The number of aliphatic hydroxyl groups is 1. The van der Waals surface area contributed by atoms with Crippen molar-refractivity contribution in [3.8, 4) is 0 Å². The summed E-state index contributed by atoms with van der Waals surface area (Å²) in [6.45, 7) is 3.94. The van der Waals surface area contributed by atoms with Crippen LogP contribution in [0.2, 0.25) is 0 Å². The van der Waals surface area contributed by atoms with Gasteiger partial charge in [0.1, 0.15) is 6.61 Å². The van der Waals surface area contributed by atoms with Crippen LogP contribution in [-0.4, -0.2) is 42.4 Å². The lowest BCUT2D eigenvalue weighted by atomic mass is 9.90. The van der Waals surface area contributed by atoms with Crippen LogP contribution in [0.25, 0.3) is 0 Å². The number of esters is 1. The summed E-state index contributed by atoms with van der Waals surface area (Å²) in [7, 11) is 1.34. The molecule has 0 aromatic carbocycles. The molecule has 0 unspecified atom stereocenters. The second-order valence-electron chi connectivity index (χ2n) is 6.95. The van der Waals surface area contributed by atoms with Crippen molar-refractivity contribution in [2.24, 2.45) is 28.8 Å². The highest BCUT2D eigenvalue weighted by Crippen LogP contribution is 2.47. The smallest absolute Gasteiger partial charge is 0.309 e. The zero-order chi connectivity index (χ0) is 17.7. The lowest BCUT2D eigenvalue weighted by molar-refractivity contribution is -0.141. The first kappa shape index (κ1) is 18.6. The van der Waals surface area contributed by atoms with Crippen LogP contribution in [0.5, 0.6) is 0 Å². The molecule has 2 aliphatic carbocycles. The number of ketones is 1. The summed E-state index contributed by atoms with van der Waals surface area (Å²) >= 11 is 0. The molecule has 2 fully saturated rings. The molecule has 0 aliphatic heterocycles. The molecule has 2 saturated carbocycles. The number of carbonyl (C=O) groups is 2. The molecule has 0 radical (unpaired) electrons. The van der Waals surface area contributed by atoms with E-state index < -0.39 is 6.10 Å².